The number of hydrogen-bond acceptors (Lipinski definition) is 5. The lowest BCUT2D eigenvalue weighted by atomic mass is 10.0. The van der Waals surface area contributed by atoms with Crippen molar-refractivity contribution in [2.45, 2.75) is 25.7 Å². The first-order valence-corrected chi connectivity index (χ1v) is 11.1. The van der Waals surface area contributed by atoms with Crippen molar-refractivity contribution < 1.29 is 14.2 Å². The molecule has 0 unspecified atom stereocenters. The van der Waals surface area contributed by atoms with Gasteiger partial charge in [0, 0.05) is 20.6 Å². The van der Waals surface area contributed by atoms with Crippen LogP contribution in [0.5, 0.6) is 11.5 Å². The Morgan fingerprint density at radius 1 is 0.941 bits per heavy atom. The second-order valence-corrected chi connectivity index (χ2v) is 8.58. The van der Waals surface area contributed by atoms with Gasteiger partial charge in [0.25, 0.3) is 5.56 Å². The highest BCUT2D eigenvalue weighted by Crippen LogP contribution is 2.43. The summed E-state index contributed by atoms with van der Waals surface area (Å²) in [5, 5.41) is 0.508. The molecular formula is C26H27N3O5. The second-order valence-electron chi connectivity index (χ2n) is 8.58. The Balaban J connectivity index is 1.91. The Kier molecular flexibility index (Phi) is 5.32. The Hall–Kier alpha value is -3.78. The molecule has 0 saturated heterocycles. The van der Waals surface area contributed by atoms with Gasteiger partial charge >= 0.3 is 5.69 Å². The average molecular weight is 462 g/mol. The molecule has 0 bridgehead atoms. The van der Waals surface area contributed by atoms with Crippen LogP contribution in [0.3, 0.4) is 0 Å². The fourth-order valence-corrected chi connectivity index (χ4v) is 4.94. The van der Waals surface area contributed by atoms with Crippen LogP contribution in [0, 0.1) is 0 Å². The fourth-order valence-electron chi connectivity index (χ4n) is 4.94. The monoisotopic (exact) mass is 461 g/mol. The maximum absolute atomic E-state index is 13.5. The minimum absolute atomic E-state index is 0.129. The summed E-state index contributed by atoms with van der Waals surface area (Å²) in [5.41, 5.74) is 3.21. The van der Waals surface area contributed by atoms with Crippen molar-refractivity contribution in [2.24, 2.45) is 14.1 Å². The first-order chi connectivity index (χ1) is 16.4. The highest BCUT2D eigenvalue weighted by Gasteiger charge is 2.35. The molecule has 2 aromatic carbocycles. The topological polar surface area (TPSA) is 76.6 Å². The number of methoxy groups -OCH3 is 2. The lowest BCUT2D eigenvalue weighted by molar-refractivity contribution is -0.0143. The third kappa shape index (κ3) is 3.17. The van der Waals surface area contributed by atoms with Gasteiger partial charge in [0.2, 0.25) is 0 Å². The van der Waals surface area contributed by atoms with Gasteiger partial charge in [0.1, 0.15) is 6.10 Å². The third-order valence-corrected chi connectivity index (χ3v) is 6.52. The van der Waals surface area contributed by atoms with Gasteiger partial charge in [0.05, 0.1) is 42.6 Å². The molecule has 0 saturated carbocycles. The average Bonchev–Trinajstić information content (AvgIpc) is 3.20. The predicted molar refractivity (Wildman–Crippen MR) is 130 cm³/mol. The molecule has 1 aliphatic rings. The molecule has 2 aromatic heterocycles. The summed E-state index contributed by atoms with van der Waals surface area (Å²) in [5.74, 6) is 1.19. The summed E-state index contributed by atoms with van der Waals surface area (Å²) in [6.07, 6.45) is -0.642. The Morgan fingerprint density at radius 2 is 1.65 bits per heavy atom. The van der Waals surface area contributed by atoms with Crippen molar-refractivity contribution >= 4 is 10.9 Å². The number of fused-ring (bicyclic) bond motifs is 3. The molecule has 0 fully saturated rings. The van der Waals surface area contributed by atoms with Crippen LogP contribution in [0.1, 0.15) is 24.3 Å². The molecule has 8 heteroatoms. The largest absolute Gasteiger partial charge is 0.493 e. The van der Waals surface area contributed by atoms with Crippen molar-refractivity contribution in [3.8, 4) is 22.8 Å². The van der Waals surface area contributed by atoms with Gasteiger partial charge < -0.3 is 18.8 Å². The fraction of sp³-hybridized carbons (Fsp3) is 0.308. The van der Waals surface area contributed by atoms with Crippen LogP contribution >= 0.6 is 0 Å². The van der Waals surface area contributed by atoms with E-state index in [1.54, 1.807) is 25.8 Å². The van der Waals surface area contributed by atoms with Crippen LogP contribution < -0.4 is 20.7 Å². The molecule has 2 atom stereocenters. The van der Waals surface area contributed by atoms with Gasteiger partial charge in [-0.1, -0.05) is 36.4 Å². The summed E-state index contributed by atoms with van der Waals surface area (Å²) >= 11 is 0. The van der Waals surface area contributed by atoms with Gasteiger partial charge in [0.15, 0.2) is 11.5 Å². The molecule has 0 spiro atoms. The van der Waals surface area contributed by atoms with E-state index in [9.17, 15) is 9.59 Å². The minimum Gasteiger partial charge on any atom is -0.493 e. The zero-order valence-corrected chi connectivity index (χ0v) is 19.9. The van der Waals surface area contributed by atoms with Crippen LogP contribution in [0.25, 0.3) is 22.2 Å². The summed E-state index contributed by atoms with van der Waals surface area (Å²) in [4.78, 5) is 26.4. The molecule has 5 rings (SSSR count). The quantitative estimate of drug-likeness (QED) is 0.466. The number of benzene rings is 2. The normalized spacial score (nSPS) is 17.6. The first-order valence-electron chi connectivity index (χ1n) is 11.1. The highest BCUT2D eigenvalue weighted by atomic mass is 16.5. The van der Waals surface area contributed by atoms with E-state index < -0.39 is 6.10 Å². The molecule has 1 aliphatic heterocycles. The number of nitrogens with zero attached hydrogens (tertiary/aromatic N) is 3. The van der Waals surface area contributed by atoms with Gasteiger partial charge in [-0.25, -0.2) is 4.79 Å². The molecular weight excluding hydrogens is 434 g/mol. The van der Waals surface area contributed by atoms with E-state index in [1.165, 1.54) is 7.05 Å². The van der Waals surface area contributed by atoms with Crippen molar-refractivity contribution in [3.05, 3.63) is 80.6 Å². The number of aryl methyl sites for hydroxylation is 1. The van der Waals surface area contributed by atoms with Crippen LogP contribution in [-0.4, -0.2) is 34.0 Å². The van der Waals surface area contributed by atoms with Crippen molar-refractivity contribution in [1.29, 1.82) is 0 Å². The van der Waals surface area contributed by atoms with Crippen LogP contribution in [0.4, 0.5) is 0 Å². The second kappa shape index (κ2) is 8.22. The van der Waals surface area contributed by atoms with Crippen molar-refractivity contribution in [3.63, 3.8) is 0 Å². The summed E-state index contributed by atoms with van der Waals surface area (Å²) in [6.45, 7) is 2.56. The lowest BCUT2D eigenvalue weighted by Crippen LogP contribution is -2.37. The van der Waals surface area contributed by atoms with Crippen LogP contribution in [0.2, 0.25) is 0 Å². The Bertz CT molecular complexity index is 1510. The van der Waals surface area contributed by atoms with Gasteiger partial charge in [-0.3, -0.25) is 13.9 Å². The zero-order chi connectivity index (χ0) is 24.1. The SMILES string of the molecule is COc1ccc([C@@H]2O[C@H](C)Cn3c(-c4ccccc4)c4c(=O)n(C)c(=O)n(C)c4c32)cc1OC. The Labute approximate surface area is 196 Å². The van der Waals surface area contributed by atoms with E-state index in [4.69, 9.17) is 14.2 Å². The minimum atomic E-state index is -0.513. The molecule has 0 aliphatic carbocycles. The highest BCUT2D eigenvalue weighted by molar-refractivity contribution is 5.96. The number of aromatic nitrogens is 3. The van der Waals surface area contributed by atoms with E-state index in [0.29, 0.717) is 28.9 Å². The molecule has 34 heavy (non-hydrogen) atoms. The van der Waals surface area contributed by atoms with E-state index in [2.05, 4.69) is 4.57 Å². The number of ether oxygens (including phenoxy) is 3. The predicted octanol–water partition coefficient (Wildman–Crippen LogP) is 3.23. The van der Waals surface area contributed by atoms with E-state index >= 15 is 0 Å². The van der Waals surface area contributed by atoms with E-state index in [1.807, 2.05) is 55.5 Å². The van der Waals surface area contributed by atoms with Crippen LogP contribution in [-0.2, 0) is 25.4 Å². The first kappa shape index (κ1) is 22.0. The van der Waals surface area contributed by atoms with E-state index in [0.717, 1.165) is 27.1 Å². The van der Waals surface area contributed by atoms with Crippen LogP contribution in [0.15, 0.2) is 58.1 Å². The third-order valence-electron chi connectivity index (χ3n) is 6.52. The maximum atomic E-state index is 13.5. The summed E-state index contributed by atoms with van der Waals surface area (Å²) < 4.78 is 22.2. The number of hydrogen-bond donors (Lipinski definition) is 0. The molecule has 176 valence electrons. The van der Waals surface area contributed by atoms with Gasteiger partial charge in [-0.15, -0.1) is 0 Å². The molecule has 0 radical (unpaired) electrons. The smallest absolute Gasteiger partial charge is 0.331 e. The Morgan fingerprint density at radius 3 is 2.32 bits per heavy atom. The lowest BCUT2D eigenvalue weighted by Gasteiger charge is -2.32. The van der Waals surface area contributed by atoms with Crippen molar-refractivity contribution in [2.75, 3.05) is 14.2 Å². The number of rotatable bonds is 4. The summed E-state index contributed by atoms with van der Waals surface area (Å²) in [7, 11) is 6.39. The molecule has 0 amide bonds. The zero-order valence-electron chi connectivity index (χ0n) is 19.9. The van der Waals surface area contributed by atoms with Gasteiger partial charge in [-0.05, 0) is 30.2 Å². The standard InChI is InChI=1S/C26H27N3O5/c1-15-14-29-21(16-9-7-6-8-10-16)20-22(27(2)26(31)28(3)25(20)30)23(29)24(34-15)17-11-12-18(32-4)19(13-17)33-5/h6-13,15,24H,14H2,1-5H3/t15-,24+/m1/s1. The molecule has 8 nitrogen and oxygen atoms in total. The maximum Gasteiger partial charge on any atom is 0.331 e. The molecule has 0 N–H and O–H groups in total. The van der Waals surface area contributed by atoms with E-state index in [-0.39, 0.29) is 17.4 Å². The summed E-state index contributed by atoms with van der Waals surface area (Å²) in [6, 6.07) is 15.4. The molecule has 4 aromatic rings. The van der Waals surface area contributed by atoms with Gasteiger partial charge in [-0.2, -0.15) is 0 Å². The molecule has 3 heterocycles. The van der Waals surface area contributed by atoms with Crippen molar-refractivity contribution in [1.82, 2.24) is 13.7 Å².